The van der Waals surface area contributed by atoms with Crippen molar-refractivity contribution in [1.82, 2.24) is 4.98 Å². The topological polar surface area (TPSA) is 94.3 Å². The molecule has 4 rings (SSSR count). The van der Waals surface area contributed by atoms with Crippen molar-refractivity contribution < 1.29 is 21.9 Å². The molecule has 0 saturated heterocycles. The summed E-state index contributed by atoms with van der Waals surface area (Å²) in [6.45, 7) is 1.97. The molecule has 11 heteroatoms. The Hall–Kier alpha value is -2.53. The van der Waals surface area contributed by atoms with Crippen LogP contribution in [0.25, 0.3) is 5.57 Å². The molecule has 0 spiro atoms. The Balaban J connectivity index is 1.57. The molecule has 0 amide bonds. The fourth-order valence-electron chi connectivity index (χ4n) is 3.91. The highest BCUT2D eigenvalue weighted by atomic mass is 35.5. The first-order valence-electron chi connectivity index (χ1n) is 10.3. The molecular formula is C23H22ClF2N3O3S2. The zero-order chi connectivity index (χ0) is 24.5. The van der Waals surface area contributed by atoms with E-state index < -0.39 is 26.3 Å². The molecule has 0 fully saturated rings. The molecule has 0 bridgehead atoms. The zero-order valence-electron chi connectivity index (χ0n) is 18.1. The third kappa shape index (κ3) is 5.25. The third-order valence-electron chi connectivity index (χ3n) is 5.75. The van der Waals surface area contributed by atoms with E-state index in [-0.39, 0.29) is 34.9 Å². The second-order valence-corrected chi connectivity index (χ2v) is 11.0. The van der Waals surface area contributed by atoms with Crippen molar-refractivity contribution in [3.05, 3.63) is 75.6 Å². The van der Waals surface area contributed by atoms with Gasteiger partial charge in [-0.15, -0.1) is 11.3 Å². The van der Waals surface area contributed by atoms with Crippen LogP contribution in [0.1, 0.15) is 25.3 Å². The Morgan fingerprint density at radius 3 is 2.71 bits per heavy atom. The lowest BCUT2D eigenvalue weighted by atomic mass is 9.72. The molecule has 2 atom stereocenters. The van der Waals surface area contributed by atoms with Gasteiger partial charge in [-0.25, -0.2) is 22.2 Å². The van der Waals surface area contributed by atoms with Crippen molar-refractivity contribution in [2.45, 2.75) is 30.2 Å². The first-order chi connectivity index (χ1) is 16.1. The van der Waals surface area contributed by atoms with E-state index in [0.717, 1.165) is 29.7 Å². The number of rotatable bonds is 7. The van der Waals surface area contributed by atoms with Crippen LogP contribution in [0, 0.1) is 17.6 Å². The molecule has 2 unspecified atom stereocenters. The summed E-state index contributed by atoms with van der Waals surface area (Å²) < 4.78 is 61.4. The number of aromatic nitrogens is 1. The zero-order valence-corrected chi connectivity index (χ0v) is 20.5. The number of anilines is 1. The minimum atomic E-state index is -4.24. The summed E-state index contributed by atoms with van der Waals surface area (Å²) in [5.74, 6) is -1.58. The summed E-state index contributed by atoms with van der Waals surface area (Å²) >= 11 is 7.46. The Labute approximate surface area is 205 Å². The van der Waals surface area contributed by atoms with Crippen LogP contribution in [0.5, 0.6) is 5.75 Å². The number of hydrogen-bond acceptors (Lipinski definition) is 6. The second-order valence-electron chi connectivity index (χ2n) is 8.27. The molecule has 3 aromatic rings. The van der Waals surface area contributed by atoms with Gasteiger partial charge in [-0.05, 0) is 49.1 Å². The van der Waals surface area contributed by atoms with Gasteiger partial charge in [0, 0.05) is 22.9 Å². The molecule has 3 N–H and O–H groups in total. The molecule has 0 aliphatic heterocycles. The van der Waals surface area contributed by atoms with Crippen molar-refractivity contribution in [3.63, 3.8) is 0 Å². The Kier molecular flexibility index (Phi) is 6.95. The first kappa shape index (κ1) is 24.6. The van der Waals surface area contributed by atoms with E-state index in [1.807, 2.05) is 13.0 Å². The molecule has 0 radical (unpaired) electrons. The van der Waals surface area contributed by atoms with Crippen molar-refractivity contribution >= 4 is 44.4 Å². The van der Waals surface area contributed by atoms with Gasteiger partial charge in [0.1, 0.15) is 22.3 Å². The Morgan fingerprint density at radius 1 is 1.29 bits per heavy atom. The molecular weight excluding hydrogens is 504 g/mol. The maximum Gasteiger partial charge on any atom is 0.266 e. The van der Waals surface area contributed by atoms with E-state index >= 15 is 0 Å². The molecule has 1 aliphatic rings. The van der Waals surface area contributed by atoms with E-state index in [4.69, 9.17) is 22.1 Å². The fraction of sp³-hybridized carbons (Fsp3) is 0.261. The van der Waals surface area contributed by atoms with E-state index in [0.29, 0.717) is 6.42 Å². The monoisotopic (exact) mass is 525 g/mol. The molecule has 1 aromatic heterocycles. The number of sulfonamides is 1. The first-order valence-corrected chi connectivity index (χ1v) is 13.1. The molecule has 0 saturated carbocycles. The standard InChI is InChI=1S/C23H22ClF2N3O3S2/c1-23(27)8-2-3-16(14-4-6-15(25)7-5-14)17(23)11-32-20-10-19(26)21(9-18(20)24)34(30,31)29-22-12-33-13-28-22/h3-7,9-10,12-13,17,29H,2,8,11,27H2,1H3. The second kappa shape index (κ2) is 9.61. The average Bonchev–Trinajstić information content (AvgIpc) is 3.27. The van der Waals surface area contributed by atoms with Crippen LogP contribution in [0.3, 0.4) is 0 Å². The highest BCUT2D eigenvalue weighted by molar-refractivity contribution is 7.92. The van der Waals surface area contributed by atoms with Gasteiger partial charge in [-0.1, -0.05) is 29.8 Å². The Bertz CT molecular complexity index is 1310. The smallest absolute Gasteiger partial charge is 0.266 e. The lowest BCUT2D eigenvalue weighted by Gasteiger charge is -2.39. The van der Waals surface area contributed by atoms with Crippen molar-refractivity contribution in [3.8, 4) is 5.75 Å². The van der Waals surface area contributed by atoms with Crippen LogP contribution in [0.15, 0.2) is 58.3 Å². The van der Waals surface area contributed by atoms with Gasteiger partial charge < -0.3 is 10.5 Å². The number of benzene rings is 2. The van der Waals surface area contributed by atoms with Crippen LogP contribution in [0.2, 0.25) is 5.02 Å². The van der Waals surface area contributed by atoms with Gasteiger partial charge in [0.2, 0.25) is 0 Å². The number of halogens is 3. The highest BCUT2D eigenvalue weighted by Gasteiger charge is 2.36. The number of ether oxygens (including phenoxy) is 1. The molecule has 34 heavy (non-hydrogen) atoms. The number of nitrogens with two attached hydrogens (primary N) is 1. The summed E-state index contributed by atoms with van der Waals surface area (Å²) in [5.41, 5.74) is 9.10. The number of thiazole rings is 1. The van der Waals surface area contributed by atoms with Gasteiger partial charge in [0.25, 0.3) is 10.0 Å². The number of nitrogens with one attached hydrogen (secondary N) is 1. The average molecular weight is 526 g/mol. The van der Waals surface area contributed by atoms with Crippen LogP contribution in [-0.2, 0) is 10.0 Å². The van der Waals surface area contributed by atoms with Gasteiger partial charge in [-0.2, -0.15) is 0 Å². The van der Waals surface area contributed by atoms with Crippen molar-refractivity contribution in [1.29, 1.82) is 0 Å². The van der Waals surface area contributed by atoms with E-state index in [2.05, 4.69) is 9.71 Å². The van der Waals surface area contributed by atoms with Crippen molar-refractivity contribution in [2.24, 2.45) is 11.7 Å². The number of nitrogens with zero attached hydrogens (tertiary/aromatic N) is 1. The normalized spacial score (nSPS) is 20.6. The maximum absolute atomic E-state index is 14.8. The van der Waals surface area contributed by atoms with E-state index in [1.165, 1.54) is 34.4 Å². The lowest BCUT2D eigenvalue weighted by molar-refractivity contribution is 0.206. The molecule has 6 nitrogen and oxygen atoms in total. The van der Waals surface area contributed by atoms with Crippen LogP contribution in [-0.4, -0.2) is 25.5 Å². The summed E-state index contributed by atoms with van der Waals surface area (Å²) in [4.78, 5) is 3.22. The SMILES string of the molecule is CC1(N)CCC=C(c2ccc(F)cc2)C1COc1cc(F)c(S(=O)(=O)Nc2cscn2)cc1Cl. The lowest BCUT2D eigenvalue weighted by Crippen LogP contribution is -2.48. The van der Waals surface area contributed by atoms with Crippen LogP contribution in [0.4, 0.5) is 14.6 Å². The summed E-state index contributed by atoms with van der Waals surface area (Å²) in [6.07, 6.45) is 3.50. The summed E-state index contributed by atoms with van der Waals surface area (Å²) in [5, 5.41) is 1.41. The number of allylic oxidation sites excluding steroid dienone is 1. The van der Waals surface area contributed by atoms with E-state index in [1.54, 1.807) is 12.1 Å². The minimum Gasteiger partial charge on any atom is -0.491 e. The predicted molar refractivity (Wildman–Crippen MR) is 130 cm³/mol. The largest absolute Gasteiger partial charge is 0.491 e. The van der Waals surface area contributed by atoms with Gasteiger partial charge >= 0.3 is 0 Å². The maximum atomic E-state index is 14.8. The Morgan fingerprint density at radius 2 is 2.03 bits per heavy atom. The molecule has 1 aliphatic carbocycles. The quantitative estimate of drug-likeness (QED) is 0.427. The number of hydrogen-bond donors (Lipinski definition) is 2. The molecule has 2 aromatic carbocycles. The molecule has 1 heterocycles. The van der Waals surface area contributed by atoms with Gasteiger partial charge in [-0.3, -0.25) is 4.72 Å². The van der Waals surface area contributed by atoms with Gasteiger partial charge in [0.05, 0.1) is 17.1 Å². The summed E-state index contributed by atoms with van der Waals surface area (Å²) in [6, 6.07) is 8.05. The summed E-state index contributed by atoms with van der Waals surface area (Å²) in [7, 11) is -4.24. The minimum absolute atomic E-state index is 0.00777. The van der Waals surface area contributed by atoms with E-state index in [9.17, 15) is 17.2 Å². The fourth-order valence-corrected chi connectivity index (χ4v) is 5.83. The van der Waals surface area contributed by atoms with Crippen molar-refractivity contribution in [2.75, 3.05) is 11.3 Å². The van der Waals surface area contributed by atoms with Crippen LogP contribution < -0.4 is 15.2 Å². The highest BCUT2D eigenvalue weighted by Crippen LogP contribution is 2.39. The van der Waals surface area contributed by atoms with Crippen LogP contribution >= 0.6 is 22.9 Å². The molecule has 180 valence electrons. The van der Waals surface area contributed by atoms with Gasteiger partial charge in [0.15, 0.2) is 5.82 Å². The third-order valence-corrected chi connectivity index (χ3v) is 8.00. The predicted octanol–water partition coefficient (Wildman–Crippen LogP) is 5.47.